The predicted octanol–water partition coefficient (Wildman–Crippen LogP) is 7.84. The number of pyridine rings is 1. The van der Waals surface area contributed by atoms with Crippen molar-refractivity contribution < 1.29 is 22.8 Å². The summed E-state index contributed by atoms with van der Waals surface area (Å²) in [5.41, 5.74) is 2.73. The summed E-state index contributed by atoms with van der Waals surface area (Å²) >= 11 is 0. The van der Waals surface area contributed by atoms with Crippen LogP contribution in [0.1, 0.15) is 54.0 Å². The number of unbranched alkanes of at least 4 members (excludes halogenated alkanes) is 2. The summed E-state index contributed by atoms with van der Waals surface area (Å²) in [4.78, 5) is 38.6. The second-order valence-corrected chi connectivity index (χ2v) is 12.4. The van der Waals surface area contributed by atoms with Gasteiger partial charge in [0.2, 0.25) is 11.8 Å². The summed E-state index contributed by atoms with van der Waals surface area (Å²) in [5.74, 6) is 0.323. The molecule has 1 fully saturated rings. The molecule has 1 atom stereocenters. The van der Waals surface area contributed by atoms with Crippen LogP contribution < -0.4 is 4.90 Å². The topological polar surface area (TPSA) is 56.8 Å². The van der Waals surface area contributed by atoms with E-state index in [9.17, 15) is 22.8 Å². The van der Waals surface area contributed by atoms with Gasteiger partial charge in [-0.15, -0.1) is 0 Å². The van der Waals surface area contributed by atoms with Gasteiger partial charge >= 0.3 is 6.18 Å². The van der Waals surface area contributed by atoms with E-state index in [1.54, 1.807) is 11.1 Å². The number of anilines is 1. The Bertz CT molecular complexity index is 1650. The van der Waals surface area contributed by atoms with E-state index >= 15 is 0 Å². The van der Waals surface area contributed by atoms with Crippen LogP contribution in [0.3, 0.4) is 0 Å². The number of alkyl halides is 3. The Balaban J connectivity index is 1.42. The molecule has 49 heavy (non-hydrogen) atoms. The van der Waals surface area contributed by atoms with Crippen LogP contribution in [0.2, 0.25) is 0 Å². The number of hydrogen-bond donors (Lipinski definition) is 0. The molecule has 9 heteroatoms. The van der Waals surface area contributed by atoms with Crippen LogP contribution in [-0.4, -0.2) is 58.8 Å². The summed E-state index contributed by atoms with van der Waals surface area (Å²) in [5, 5.41) is 0. The van der Waals surface area contributed by atoms with Crippen molar-refractivity contribution in [3.8, 4) is 0 Å². The molecule has 1 aromatic heterocycles. The highest BCUT2D eigenvalue weighted by Gasteiger charge is 2.34. The molecule has 0 radical (unpaired) electrons. The molecule has 0 bridgehead atoms. The van der Waals surface area contributed by atoms with Gasteiger partial charge in [0.05, 0.1) is 5.56 Å². The van der Waals surface area contributed by atoms with Crippen molar-refractivity contribution in [2.75, 3.05) is 31.1 Å². The van der Waals surface area contributed by atoms with E-state index in [4.69, 9.17) is 0 Å². The third-order valence-corrected chi connectivity index (χ3v) is 8.88. The van der Waals surface area contributed by atoms with E-state index < -0.39 is 23.7 Å². The molecular formula is C40H43F3N4O2. The van der Waals surface area contributed by atoms with Crippen molar-refractivity contribution in [1.82, 2.24) is 14.8 Å². The van der Waals surface area contributed by atoms with E-state index in [2.05, 4.69) is 28.9 Å². The quantitative estimate of drug-likeness (QED) is 0.108. The fraction of sp³-hybridized carbons (Fsp3) is 0.325. The molecule has 0 N–H and O–H groups in total. The zero-order valence-corrected chi connectivity index (χ0v) is 27.9. The van der Waals surface area contributed by atoms with Crippen LogP contribution in [0.15, 0.2) is 109 Å². The first kappa shape index (κ1) is 35.4. The molecule has 2 heterocycles. The van der Waals surface area contributed by atoms with Gasteiger partial charge in [-0.3, -0.25) is 9.59 Å². The van der Waals surface area contributed by atoms with Gasteiger partial charge < -0.3 is 14.7 Å². The number of halogens is 3. The lowest BCUT2D eigenvalue weighted by Gasteiger charge is -2.39. The number of nitrogens with zero attached hydrogens (tertiary/aromatic N) is 4. The van der Waals surface area contributed by atoms with Crippen molar-refractivity contribution in [1.29, 1.82) is 0 Å². The molecule has 1 aliphatic heterocycles. The van der Waals surface area contributed by atoms with Crippen LogP contribution in [0.4, 0.5) is 19.0 Å². The van der Waals surface area contributed by atoms with Crippen LogP contribution in [0.5, 0.6) is 0 Å². The maximum absolute atomic E-state index is 14.5. The number of benzene rings is 3. The third kappa shape index (κ3) is 10.0. The van der Waals surface area contributed by atoms with Gasteiger partial charge in [0, 0.05) is 51.4 Å². The first-order valence-corrected chi connectivity index (χ1v) is 16.9. The molecule has 256 valence electrons. The molecule has 0 unspecified atom stereocenters. The summed E-state index contributed by atoms with van der Waals surface area (Å²) in [7, 11) is 0. The molecule has 2 amide bonds. The summed E-state index contributed by atoms with van der Waals surface area (Å²) in [6, 6.07) is 27.4. The minimum Gasteiger partial charge on any atom is -0.353 e. The molecule has 3 aromatic carbocycles. The van der Waals surface area contributed by atoms with Crippen molar-refractivity contribution in [2.24, 2.45) is 0 Å². The van der Waals surface area contributed by atoms with Crippen LogP contribution in [0, 0.1) is 0 Å². The zero-order valence-electron chi connectivity index (χ0n) is 27.9. The first-order chi connectivity index (χ1) is 23.7. The standard InChI is InChI=1S/C40H43F3N4O2/c1-2-3-5-10-31-14-16-34(17-15-31)30-47(38(48)23-20-32-18-21-35(22-19-32)40(41,42)43)36(29-33-11-6-4-7-12-33)39(49)46-27-25-45(26-28-46)37-13-8-9-24-44-37/h4,6-9,11-24,36H,2-3,5,10,25-30H2,1H3/b23-20+/t36-/m0/s1. The van der Waals surface area contributed by atoms with E-state index in [1.807, 2.05) is 65.6 Å². The maximum Gasteiger partial charge on any atom is 0.416 e. The smallest absolute Gasteiger partial charge is 0.353 e. The molecule has 5 rings (SSSR count). The summed E-state index contributed by atoms with van der Waals surface area (Å²) in [6.45, 7) is 4.56. The van der Waals surface area contributed by atoms with Crippen molar-refractivity contribution in [2.45, 2.75) is 57.8 Å². The fourth-order valence-electron chi connectivity index (χ4n) is 6.05. The highest BCUT2D eigenvalue weighted by molar-refractivity contribution is 5.95. The Morgan fingerprint density at radius 1 is 0.816 bits per heavy atom. The Labute approximate surface area is 286 Å². The highest BCUT2D eigenvalue weighted by Crippen LogP contribution is 2.29. The zero-order chi connectivity index (χ0) is 34.6. The largest absolute Gasteiger partial charge is 0.416 e. The normalized spacial score (nSPS) is 14.2. The van der Waals surface area contributed by atoms with E-state index in [0.29, 0.717) is 38.2 Å². The van der Waals surface area contributed by atoms with Gasteiger partial charge in [-0.25, -0.2) is 4.98 Å². The number of amides is 2. The molecule has 0 aliphatic carbocycles. The number of rotatable bonds is 13. The average Bonchev–Trinajstić information content (AvgIpc) is 3.13. The lowest BCUT2D eigenvalue weighted by atomic mass is 10.0. The predicted molar refractivity (Wildman–Crippen MR) is 188 cm³/mol. The maximum atomic E-state index is 14.5. The number of hydrogen-bond acceptors (Lipinski definition) is 4. The molecular weight excluding hydrogens is 625 g/mol. The Morgan fingerprint density at radius 3 is 2.12 bits per heavy atom. The van der Waals surface area contributed by atoms with Crippen LogP contribution in [0.25, 0.3) is 6.08 Å². The van der Waals surface area contributed by atoms with Gasteiger partial charge in [0.25, 0.3) is 0 Å². The van der Waals surface area contributed by atoms with Gasteiger partial charge in [0.1, 0.15) is 11.9 Å². The minimum atomic E-state index is -4.45. The molecule has 0 spiro atoms. The number of piperazine rings is 1. The highest BCUT2D eigenvalue weighted by atomic mass is 19.4. The fourth-order valence-corrected chi connectivity index (χ4v) is 6.05. The summed E-state index contributed by atoms with van der Waals surface area (Å²) in [6.07, 6.45) is 4.86. The Morgan fingerprint density at radius 2 is 1.49 bits per heavy atom. The molecule has 4 aromatic rings. The second-order valence-electron chi connectivity index (χ2n) is 12.4. The van der Waals surface area contributed by atoms with Gasteiger partial charge in [-0.2, -0.15) is 13.2 Å². The first-order valence-electron chi connectivity index (χ1n) is 16.9. The monoisotopic (exact) mass is 668 g/mol. The van der Waals surface area contributed by atoms with Crippen LogP contribution >= 0.6 is 0 Å². The molecule has 1 saturated heterocycles. The van der Waals surface area contributed by atoms with Crippen molar-refractivity contribution in [3.05, 3.63) is 137 Å². The molecule has 0 saturated carbocycles. The third-order valence-electron chi connectivity index (χ3n) is 8.88. The number of aryl methyl sites for hydroxylation is 1. The number of aromatic nitrogens is 1. The van der Waals surface area contributed by atoms with Crippen molar-refractivity contribution >= 4 is 23.7 Å². The van der Waals surface area contributed by atoms with E-state index in [0.717, 1.165) is 54.8 Å². The van der Waals surface area contributed by atoms with Crippen LogP contribution in [-0.2, 0) is 35.2 Å². The number of carbonyl (C=O) groups is 2. The lowest BCUT2D eigenvalue weighted by Crippen LogP contribution is -2.56. The summed E-state index contributed by atoms with van der Waals surface area (Å²) < 4.78 is 39.4. The van der Waals surface area contributed by atoms with Crippen molar-refractivity contribution in [3.63, 3.8) is 0 Å². The van der Waals surface area contributed by atoms with E-state index in [-0.39, 0.29) is 12.5 Å². The number of carbonyl (C=O) groups excluding carboxylic acids is 2. The SMILES string of the molecule is CCCCCc1ccc(CN(C(=O)/C=C/c2ccc(C(F)(F)F)cc2)[C@@H](Cc2ccccc2)C(=O)N2CCN(c3ccccn3)CC2)cc1. The van der Waals surface area contributed by atoms with Gasteiger partial charge in [0.15, 0.2) is 0 Å². The molecule has 1 aliphatic rings. The van der Waals surface area contributed by atoms with Gasteiger partial charge in [-0.1, -0.05) is 92.6 Å². The minimum absolute atomic E-state index is 0.142. The molecule has 6 nitrogen and oxygen atoms in total. The Hall–Kier alpha value is -4.92. The van der Waals surface area contributed by atoms with Gasteiger partial charge in [-0.05, 0) is 65.4 Å². The second kappa shape index (κ2) is 17.0. The van der Waals surface area contributed by atoms with E-state index in [1.165, 1.54) is 29.8 Å². The average molecular weight is 669 g/mol. The lowest BCUT2D eigenvalue weighted by molar-refractivity contribution is -0.144. The Kier molecular flexibility index (Phi) is 12.2.